The van der Waals surface area contributed by atoms with Gasteiger partial charge in [0.2, 0.25) is 0 Å². The largest absolute Gasteiger partial charge is 0.496 e. The number of rotatable bonds is 14. The van der Waals surface area contributed by atoms with Crippen molar-refractivity contribution in [1.29, 1.82) is 0 Å². The molecule has 4 rings (SSSR count). The summed E-state index contributed by atoms with van der Waals surface area (Å²) in [5.74, 6) is 1.72. The van der Waals surface area contributed by atoms with Crippen LogP contribution in [0.2, 0.25) is 5.02 Å². The first-order valence-electron chi connectivity index (χ1n) is 21.0. The van der Waals surface area contributed by atoms with Crippen LogP contribution >= 0.6 is 11.6 Å². The highest BCUT2D eigenvalue weighted by Crippen LogP contribution is 2.41. The predicted octanol–water partition coefficient (Wildman–Crippen LogP) is 13.8. The van der Waals surface area contributed by atoms with E-state index >= 15 is 0 Å². The fourth-order valence-corrected chi connectivity index (χ4v) is 5.93. The highest BCUT2D eigenvalue weighted by Gasteiger charge is 2.30. The number of unbranched alkanes of at least 4 members (excludes halogenated alkanes) is 1. The van der Waals surface area contributed by atoms with E-state index in [2.05, 4.69) is 48.1 Å². The molecule has 1 aromatic heterocycles. The van der Waals surface area contributed by atoms with Crippen molar-refractivity contribution in [2.45, 2.75) is 147 Å². The highest BCUT2D eigenvalue weighted by atomic mass is 35.5. The van der Waals surface area contributed by atoms with E-state index in [0.717, 1.165) is 66.3 Å². The molecule has 318 valence electrons. The van der Waals surface area contributed by atoms with Gasteiger partial charge in [0.05, 0.1) is 19.4 Å². The molecule has 2 heterocycles. The number of halogens is 1. The molecule has 0 fully saturated rings. The molecule has 3 aromatic rings. The summed E-state index contributed by atoms with van der Waals surface area (Å²) in [6.07, 6.45) is 12.0. The van der Waals surface area contributed by atoms with Crippen molar-refractivity contribution in [3.05, 3.63) is 94.3 Å². The molecule has 1 unspecified atom stereocenters. The SMILES string of the molecule is C=CCC.CC.CCCC.CCCC(CCC)CC(C)=O.CCCOCC.COc1c(C)cccc1C1OCc2ccc(C(=O)N(C)C)n2-c2ccc(Cl)cc21. The minimum absolute atomic E-state index is 0.0660. The van der Waals surface area contributed by atoms with Gasteiger partial charge in [0.25, 0.3) is 5.91 Å². The maximum Gasteiger partial charge on any atom is 0.270 e. The molecule has 0 N–H and O–H groups in total. The number of hydrogen-bond acceptors (Lipinski definition) is 5. The van der Waals surface area contributed by atoms with Crippen LogP contribution in [0.25, 0.3) is 5.69 Å². The molecule has 1 aliphatic rings. The molecule has 0 aliphatic carbocycles. The van der Waals surface area contributed by atoms with Crippen LogP contribution in [0.15, 0.2) is 61.2 Å². The molecule has 0 radical (unpaired) electrons. The molecule has 0 bridgehead atoms. The van der Waals surface area contributed by atoms with Crippen molar-refractivity contribution in [3.8, 4) is 11.4 Å². The van der Waals surface area contributed by atoms with Gasteiger partial charge in [0.15, 0.2) is 0 Å². The van der Waals surface area contributed by atoms with Gasteiger partial charge in [-0.1, -0.05) is 130 Å². The van der Waals surface area contributed by atoms with Gasteiger partial charge in [-0.05, 0) is 75.4 Å². The zero-order chi connectivity index (χ0) is 43.1. The number of Topliss-reactive ketones (excluding diaryl/α,β-unsaturated/α-hetero) is 1. The second-order valence-corrected chi connectivity index (χ2v) is 14.0. The number of amides is 1. The number of methoxy groups -OCH3 is 1. The van der Waals surface area contributed by atoms with Gasteiger partial charge in [0, 0.05) is 55.6 Å². The summed E-state index contributed by atoms with van der Waals surface area (Å²) in [6, 6.07) is 15.5. The summed E-state index contributed by atoms with van der Waals surface area (Å²) in [5.41, 5.74) is 5.24. The van der Waals surface area contributed by atoms with Gasteiger partial charge >= 0.3 is 0 Å². The number of para-hydroxylation sites is 1. The number of nitrogens with zero attached hydrogens (tertiary/aromatic N) is 2. The van der Waals surface area contributed by atoms with Crippen molar-refractivity contribution in [3.63, 3.8) is 0 Å². The smallest absolute Gasteiger partial charge is 0.270 e. The Hall–Kier alpha value is -3.39. The Bertz CT molecular complexity index is 1470. The Labute approximate surface area is 348 Å². The molecule has 7 nitrogen and oxygen atoms in total. The molecule has 0 saturated carbocycles. The highest BCUT2D eigenvalue weighted by molar-refractivity contribution is 6.30. The van der Waals surface area contributed by atoms with Crippen LogP contribution < -0.4 is 4.74 Å². The lowest BCUT2D eigenvalue weighted by Gasteiger charge is -2.22. The number of ketones is 1. The Balaban J connectivity index is 0. The quantitative estimate of drug-likeness (QED) is 0.120. The van der Waals surface area contributed by atoms with Crippen LogP contribution in [-0.2, 0) is 20.9 Å². The summed E-state index contributed by atoms with van der Waals surface area (Å²) in [4.78, 5) is 25.2. The number of allylic oxidation sites excluding steroid dienone is 1. The first kappa shape index (κ1) is 54.7. The van der Waals surface area contributed by atoms with Crippen LogP contribution in [-0.4, -0.2) is 55.6 Å². The molecule has 56 heavy (non-hydrogen) atoms. The van der Waals surface area contributed by atoms with Crippen molar-refractivity contribution in [2.24, 2.45) is 5.92 Å². The van der Waals surface area contributed by atoms with Crippen LogP contribution in [0.1, 0.15) is 166 Å². The Morgan fingerprint density at radius 3 is 1.98 bits per heavy atom. The van der Waals surface area contributed by atoms with Gasteiger partial charge in [-0.25, -0.2) is 0 Å². The molecular formula is C48H79ClN2O5. The standard InChI is InChI=1S/C23H23ClN2O3.C10H20O.C5H12O.C4H10.C4H8.C2H6/c1-14-6-5-7-17(21(14)28-4)22-18-12-15(24)8-10-19(18)26-16(13-29-22)9-11-20(26)23(27)25(2)3;1-4-6-10(7-5-2)8-9(3)11;1-3-5-6-4-2;2*1-3-4-2;1-2/h5-12,22H,13H2,1-4H3;10H,4-8H2,1-3H3;3-5H2,1-2H3;3-4H2,1-2H3;3H,1,4H2,2H3;1-2H3. The first-order chi connectivity index (χ1) is 26.9. The number of ether oxygens (including phenoxy) is 3. The second kappa shape index (κ2) is 33.7. The fraction of sp³-hybridized carbons (Fsp3) is 0.583. The summed E-state index contributed by atoms with van der Waals surface area (Å²) < 4.78 is 19.0. The number of fused-ring (bicyclic) bond motifs is 3. The molecule has 1 aliphatic heterocycles. The second-order valence-electron chi connectivity index (χ2n) is 13.6. The number of carbonyl (C=O) groups is 2. The summed E-state index contributed by atoms with van der Waals surface area (Å²) >= 11 is 6.37. The Kier molecular flexibility index (Phi) is 32.9. The molecule has 0 spiro atoms. The Morgan fingerprint density at radius 2 is 1.54 bits per heavy atom. The van der Waals surface area contributed by atoms with E-state index in [1.807, 2.05) is 86.9 Å². The zero-order valence-electron chi connectivity index (χ0n) is 37.9. The van der Waals surface area contributed by atoms with Crippen molar-refractivity contribution >= 4 is 23.3 Å². The van der Waals surface area contributed by atoms with E-state index < -0.39 is 0 Å². The monoisotopic (exact) mass is 799 g/mol. The van der Waals surface area contributed by atoms with Crippen molar-refractivity contribution < 1.29 is 23.8 Å². The van der Waals surface area contributed by atoms with E-state index in [1.54, 1.807) is 33.0 Å². The van der Waals surface area contributed by atoms with E-state index in [-0.39, 0.29) is 12.0 Å². The van der Waals surface area contributed by atoms with Gasteiger partial charge < -0.3 is 28.5 Å². The van der Waals surface area contributed by atoms with Crippen LogP contribution in [0.4, 0.5) is 0 Å². The van der Waals surface area contributed by atoms with Crippen molar-refractivity contribution in [2.75, 3.05) is 34.4 Å². The fourth-order valence-electron chi connectivity index (χ4n) is 5.75. The minimum Gasteiger partial charge on any atom is -0.496 e. The minimum atomic E-state index is -0.374. The molecule has 2 aromatic carbocycles. The maximum absolute atomic E-state index is 12.8. The first-order valence-corrected chi connectivity index (χ1v) is 21.4. The zero-order valence-corrected chi connectivity index (χ0v) is 38.6. The number of benzene rings is 2. The molecule has 1 atom stereocenters. The van der Waals surface area contributed by atoms with Gasteiger partial charge in [-0.2, -0.15) is 0 Å². The lowest BCUT2D eigenvalue weighted by molar-refractivity contribution is -0.118. The van der Waals surface area contributed by atoms with Crippen LogP contribution in [0.5, 0.6) is 5.75 Å². The molecule has 8 heteroatoms. The third-order valence-electron chi connectivity index (χ3n) is 8.54. The summed E-state index contributed by atoms with van der Waals surface area (Å²) in [7, 11) is 5.16. The van der Waals surface area contributed by atoms with Crippen LogP contribution in [0, 0.1) is 12.8 Å². The number of aromatic nitrogens is 1. The molecular weight excluding hydrogens is 720 g/mol. The van der Waals surface area contributed by atoms with Crippen molar-refractivity contribution in [1.82, 2.24) is 9.47 Å². The maximum atomic E-state index is 12.8. The van der Waals surface area contributed by atoms with Gasteiger partial charge in [0.1, 0.15) is 23.3 Å². The third-order valence-corrected chi connectivity index (χ3v) is 8.77. The molecule has 1 amide bonds. The van der Waals surface area contributed by atoms with E-state index in [0.29, 0.717) is 29.0 Å². The summed E-state index contributed by atoms with van der Waals surface area (Å²) in [6.45, 7) is 28.2. The molecule has 0 saturated heterocycles. The third kappa shape index (κ3) is 20.2. The topological polar surface area (TPSA) is 70.0 Å². The van der Waals surface area contributed by atoms with Gasteiger partial charge in [-0.15, -0.1) is 6.58 Å². The average Bonchev–Trinajstić information content (AvgIpc) is 3.54. The number of hydrogen-bond donors (Lipinski definition) is 0. The number of carbonyl (C=O) groups excluding carboxylic acids is 2. The average molecular weight is 800 g/mol. The van der Waals surface area contributed by atoms with Gasteiger partial charge in [-0.3, -0.25) is 4.79 Å². The van der Waals surface area contributed by atoms with E-state index in [9.17, 15) is 9.59 Å². The summed E-state index contributed by atoms with van der Waals surface area (Å²) in [5, 5.41) is 0.611. The van der Waals surface area contributed by atoms with E-state index in [1.165, 1.54) is 38.5 Å². The normalized spacial score (nSPS) is 12.0. The predicted molar refractivity (Wildman–Crippen MR) is 241 cm³/mol. The van der Waals surface area contributed by atoms with E-state index in [4.69, 9.17) is 25.8 Å². The lowest BCUT2D eigenvalue weighted by Crippen LogP contribution is -2.24. The van der Waals surface area contributed by atoms with Crippen LogP contribution in [0.3, 0.4) is 0 Å². The Morgan fingerprint density at radius 1 is 0.929 bits per heavy atom. The number of aryl methyl sites for hydroxylation is 1. The lowest BCUT2D eigenvalue weighted by atomic mass is 9.93.